The summed E-state index contributed by atoms with van der Waals surface area (Å²) in [6.07, 6.45) is 0.875. The van der Waals surface area contributed by atoms with Gasteiger partial charge in [-0.1, -0.05) is 6.07 Å². The van der Waals surface area contributed by atoms with Gasteiger partial charge >= 0.3 is 12.0 Å². The summed E-state index contributed by atoms with van der Waals surface area (Å²) in [6, 6.07) is 4.04. The average molecular weight is 294 g/mol. The molecule has 6 heteroatoms. The van der Waals surface area contributed by atoms with Gasteiger partial charge in [-0.2, -0.15) is 0 Å². The number of aliphatic carboxylic acids is 1. The monoisotopic (exact) mass is 294 g/mol. The maximum atomic E-state index is 13.5. The Hall–Kier alpha value is -2.11. The molecule has 1 aliphatic rings. The van der Waals surface area contributed by atoms with Crippen molar-refractivity contribution >= 4 is 17.7 Å². The van der Waals surface area contributed by atoms with Crippen molar-refractivity contribution in [3.63, 3.8) is 0 Å². The minimum Gasteiger partial charge on any atom is -0.481 e. The zero-order valence-electron chi connectivity index (χ0n) is 12.1. The van der Waals surface area contributed by atoms with Gasteiger partial charge in [0, 0.05) is 23.8 Å². The lowest BCUT2D eigenvalue weighted by Crippen LogP contribution is -2.47. The van der Waals surface area contributed by atoms with Gasteiger partial charge in [0.1, 0.15) is 5.82 Å². The summed E-state index contributed by atoms with van der Waals surface area (Å²) in [7, 11) is 0. The molecule has 1 fully saturated rings. The highest BCUT2D eigenvalue weighted by molar-refractivity contribution is 5.90. The highest BCUT2D eigenvalue weighted by atomic mass is 19.1. The Bertz CT molecular complexity index is 562. The molecule has 0 spiro atoms. The van der Waals surface area contributed by atoms with E-state index in [4.69, 9.17) is 5.11 Å². The van der Waals surface area contributed by atoms with Gasteiger partial charge in [-0.15, -0.1) is 0 Å². The van der Waals surface area contributed by atoms with Crippen LogP contribution in [0.3, 0.4) is 0 Å². The molecule has 5 nitrogen and oxygen atoms in total. The first-order valence-corrected chi connectivity index (χ1v) is 6.95. The van der Waals surface area contributed by atoms with Crippen LogP contribution < -0.4 is 5.32 Å². The van der Waals surface area contributed by atoms with Crippen molar-refractivity contribution in [2.45, 2.75) is 32.7 Å². The number of likely N-dealkylation sites (tertiary alicyclic amines) is 1. The van der Waals surface area contributed by atoms with E-state index in [1.165, 1.54) is 12.1 Å². The Morgan fingerprint density at radius 3 is 2.76 bits per heavy atom. The van der Waals surface area contributed by atoms with Crippen LogP contribution in [-0.2, 0) is 4.79 Å². The van der Waals surface area contributed by atoms with Gasteiger partial charge in [-0.3, -0.25) is 4.79 Å². The van der Waals surface area contributed by atoms with E-state index in [1.54, 1.807) is 17.9 Å². The maximum absolute atomic E-state index is 13.5. The number of nitrogens with zero attached hydrogens (tertiary/aromatic N) is 1. The van der Waals surface area contributed by atoms with Gasteiger partial charge in [0.05, 0.1) is 5.92 Å². The molecule has 2 rings (SSSR count). The van der Waals surface area contributed by atoms with Gasteiger partial charge < -0.3 is 15.3 Å². The number of carboxylic acid groups (broad SMARTS) is 1. The van der Waals surface area contributed by atoms with Crippen molar-refractivity contribution < 1.29 is 19.1 Å². The molecule has 1 aromatic carbocycles. The van der Waals surface area contributed by atoms with Gasteiger partial charge in [-0.05, 0) is 38.8 Å². The number of hydrogen-bond donors (Lipinski definition) is 2. The first-order chi connectivity index (χ1) is 9.90. The molecule has 0 aromatic heterocycles. The van der Waals surface area contributed by atoms with Crippen LogP contribution in [0.25, 0.3) is 0 Å². The van der Waals surface area contributed by atoms with Crippen molar-refractivity contribution in [1.82, 2.24) is 4.90 Å². The third-order valence-corrected chi connectivity index (χ3v) is 4.00. The van der Waals surface area contributed by atoms with Crippen LogP contribution in [0.15, 0.2) is 18.2 Å². The SMILES string of the molecule is Cc1c(F)cccc1NC(=O)N1CCC(C(=O)O)CC1C. The Morgan fingerprint density at radius 2 is 2.14 bits per heavy atom. The van der Waals surface area contributed by atoms with Crippen LogP contribution in [0.5, 0.6) is 0 Å². The highest BCUT2D eigenvalue weighted by Crippen LogP contribution is 2.24. The predicted octanol–water partition coefficient (Wildman–Crippen LogP) is 2.85. The minimum atomic E-state index is -0.817. The van der Waals surface area contributed by atoms with Crippen LogP contribution in [0.2, 0.25) is 0 Å². The van der Waals surface area contributed by atoms with E-state index in [1.807, 2.05) is 6.92 Å². The quantitative estimate of drug-likeness (QED) is 0.881. The second kappa shape index (κ2) is 6.11. The minimum absolute atomic E-state index is 0.159. The molecule has 0 radical (unpaired) electrons. The number of halogens is 1. The molecule has 1 saturated heterocycles. The number of rotatable bonds is 2. The van der Waals surface area contributed by atoms with E-state index in [9.17, 15) is 14.0 Å². The van der Waals surface area contributed by atoms with Gasteiger partial charge in [0.15, 0.2) is 0 Å². The van der Waals surface area contributed by atoms with E-state index < -0.39 is 11.9 Å². The van der Waals surface area contributed by atoms with Crippen LogP contribution in [0, 0.1) is 18.7 Å². The molecule has 2 unspecified atom stereocenters. The predicted molar refractivity (Wildman–Crippen MR) is 76.7 cm³/mol. The van der Waals surface area contributed by atoms with E-state index in [2.05, 4.69) is 5.32 Å². The lowest BCUT2D eigenvalue weighted by Gasteiger charge is -2.36. The number of benzene rings is 1. The van der Waals surface area contributed by atoms with Crippen LogP contribution in [-0.4, -0.2) is 34.6 Å². The molecule has 2 atom stereocenters. The molecular formula is C15H19FN2O3. The summed E-state index contributed by atoms with van der Waals surface area (Å²) in [5, 5.41) is 11.7. The summed E-state index contributed by atoms with van der Waals surface area (Å²) in [6.45, 7) is 3.82. The topological polar surface area (TPSA) is 69.6 Å². The van der Waals surface area contributed by atoms with Gasteiger partial charge in [-0.25, -0.2) is 9.18 Å². The largest absolute Gasteiger partial charge is 0.481 e. The summed E-state index contributed by atoms with van der Waals surface area (Å²) in [4.78, 5) is 24.9. The number of anilines is 1. The first kappa shape index (κ1) is 15.3. The normalized spacial score (nSPS) is 22.0. The molecule has 114 valence electrons. The van der Waals surface area contributed by atoms with Crippen molar-refractivity contribution in [2.75, 3.05) is 11.9 Å². The van der Waals surface area contributed by atoms with E-state index in [-0.39, 0.29) is 17.9 Å². The Balaban J connectivity index is 2.04. The zero-order chi connectivity index (χ0) is 15.6. The van der Waals surface area contributed by atoms with Crippen LogP contribution in [0.4, 0.5) is 14.9 Å². The Morgan fingerprint density at radius 1 is 1.43 bits per heavy atom. The van der Waals surface area contributed by atoms with Crippen molar-refractivity contribution in [1.29, 1.82) is 0 Å². The van der Waals surface area contributed by atoms with E-state index >= 15 is 0 Å². The van der Waals surface area contributed by atoms with E-state index in [0.717, 1.165) is 0 Å². The van der Waals surface area contributed by atoms with Crippen LogP contribution >= 0.6 is 0 Å². The lowest BCUT2D eigenvalue weighted by molar-refractivity contribution is -0.143. The fourth-order valence-corrected chi connectivity index (χ4v) is 2.63. The fraction of sp³-hybridized carbons (Fsp3) is 0.467. The first-order valence-electron chi connectivity index (χ1n) is 6.95. The summed E-state index contributed by atoms with van der Waals surface area (Å²) >= 11 is 0. The summed E-state index contributed by atoms with van der Waals surface area (Å²) < 4.78 is 13.5. The zero-order valence-corrected chi connectivity index (χ0v) is 12.1. The number of urea groups is 1. The molecular weight excluding hydrogens is 275 g/mol. The van der Waals surface area contributed by atoms with Gasteiger partial charge in [0.25, 0.3) is 0 Å². The number of carbonyl (C=O) groups is 2. The Labute approximate surface area is 122 Å². The summed E-state index contributed by atoms with van der Waals surface area (Å²) in [5.74, 6) is -1.59. The molecule has 0 bridgehead atoms. The van der Waals surface area contributed by atoms with Crippen molar-refractivity contribution in [3.05, 3.63) is 29.6 Å². The third-order valence-electron chi connectivity index (χ3n) is 4.00. The number of hydrogen-bond acceptors (Lipinski definition) is 2. The average Bonchev–Trinajstić information content (AvgIpc) is 2.43. The molecule has 0 aliphatic carbocycles. The third kappa shape index (κ3) is 3.32. The number of carboxylic acids is 1. The molecule has 21 heavy (non-hydrogen) atoms. The van der Waals surface area contributed by atoms with E-state index in [0.29, 0.717) is 30.6 Å². The maximum Gasteiger partial charge on any atom is 0.322 e. The standard InChI is InChI=1S/C15H19FN2O3/c1-9-8-11(14(19)20)6-7-18(9)15(21)17-13-5-3-4-12(16)10(13)2/h3-5,9,11H,6-8H2,1-2H3,(H,17,21)(H,19,20). The van der Waals surface area contributed by atoms with Crippen LogP contribution in [0.1, 0.15) is 25.3 Å². The highest BCUT2D eigenvalue weighted by Gasteiger charge is 2.32. The smallest absolute Gasteiger partial charge is 0.322 e. The molecule has 1 aromatic rings. The van der Waals surface area contributed by atoms with Crippen molar-refractivity contribution in [2.24, 2.45) is 5.92 Å². The van der Waals surface area contributed by atoms with Gasteiger partial charge in [0.2, 0.25) is 0 Å². The Kier molecular flexibility index (Phi) is 4.45. The lowest BCUT2D eigenvalue weighted by atomic mass is 9.92. The number of amides is 2. The fourth-order valence-electron chi connectivity index (χ4n) is 2.63. The molecule has 2 N–H and O–H groups in total. The second-order valence-corrected chi connectivity index (χ2v) is 5.44. The van der Waals surface area contributed by atoms with Crippen molar-refractivity contribution in [3.8, 4) is 0 Å². The number of piperidine rings is 1. The molecule has 0 saturated carbocycles. The molecule has 1 aliphatic heterocycles. The molecule has 2 amide bonds. The molecule has 1 heterocycles. The second-order valence-electron chi connectivity index (χ2n) is 5.44. The number of nitrogens with one attached hydrogen (secondary N) is 1. The summed E-state index contributed by atoms with van der Waals surface area (Å²) in [5.41, 5.74) is 0.825. The number of carbonyl (C=O) groups excluding carboxylic acids is 1.